The number of para-hydroxylation sites is 1. The molecule has 1 aromatic heterocycles. The van der Waals surface area contributed by atoms with Gasteiger partial charge in [0.2, 0.25) is 0 Å². The minimum atomic E-state index is -0.174. The van der Waals surface area contributed by atoms with E-state index in [1.54, 1.807) is 10.8 Å². The first-order valence-corrected chi connectivity index (χ1v) is 6.48. The SMILES string of the molecule is Cn1ccc(/C=C2\NC(=S)N(c3ccccc3)C2=O)n1. The quantitative estimate of drug-likeness (QED) is 0.673. The highest BCUT2D eigenvalue weighted by atomic mass is 32.1. The van der Waals surface area contributed by atoms with Crippen LogP contribution in [-0.4, -0.2) is 20.8 Å². The number of nitrogens with zero attached hydrogens (tertiary/aromatic N) is 3. The van der Waals surface area contributed by atoms with E-state index in [2.05, 4.69) is 10.4 Å². The zero-order chi connectivity index (χ0) is 14.1. The molecule has 1 amide bonds. The summed E-state index contributed by atoms with van der Waals surface area (Å²) in [4.78, 5) is 13.9. The van der Waals surface area contributed by atoms with Crippen LogP contribution >= 0.6 is 12.2 Å². The minimum absolute atomic E-state index is 0.174. The van der Waals surface area contributed by atoms with E-state index in [0.717, 1.165) is 5.69 Å². The second-order valence-corrected chi connectivity index (χ2v) is 4.77. The van der Waals surface area contributed by atoms with Crippen molar-refractivity contribution < 1.29 is 4.79 Å². The number of carbonyl (C=O) groups is 1. The molecule has 2 heterocycles. The first kappa shape index (κ1) is 12.6. The molecular weight excluding hydrogens is 272 g/mol. The molecule has 1 N–H and O–H groups in total. The zero-order valence-electron chi connectivity index (χ0n) is 10.8. The van der Waals surface area contributed by atoms with Crippen molar-refractivity contribution in [3.8, 4) is 0 Å². The Labute approximate surface area is 121 Å². The maximum absolute atomic E-state index is 12.4. The van der Waals surface area contributed by atoms with Gasteiger partial charge < -0.3 is 5.32 Å². The van der Waals surface area contributed by atoms with Gasteiger partial charge in [-0.2, -0.15) is 5.10 Å². The molecule has 5 nitrogen and oxygen atoms in total. The van der Waals surface area contributed by atoms with E-state index in [1.165, 1.54) is 4.90 Å². The van der Waals surface area contributed by atoms with Crippen LogP contribution in [0.5, 0.6) is 0 Å². The van der Waals surface area contributed by atoms with E-state index in [1.807, 2.05) is 49.6 Å². The minimum Gasteiger partial charge on any atom is -0.327 e. The first-order chi connectivity index (χ1) is 9.65. The Morgan fingerprint density at radius 1 is 1.25 bits per heavy atom. The number of aryl methyl sites for hydroxylation is 1. The third-order valence-electron chi connectivity index (χ3n) is 2.92. The summed E-state index contributed by atoms with van der Waals surface area (Å²) >= 11 is 5.23. The number of hydrogen-bond acceptors (Lipinski definition) is 3. The number of rotatable bonds is 2. The smallest absolute Gasteiger partial charge is 0.281 e. The molecular formula is C14H12N4OS. The summed E-state index contributed by atoms with van der Waals surface area (Å²) in [5.41, 5.74) is 1.89. The number of hydrogen-bond donors (Lipinski definition) is 1. The van der Waals surface area contributed by atoms with Crippen molar-refractivity contribution in [3.05, 3.63) is 54.0 Å². The van der Waals surface area contributed by atoms with E-state index >= 15 is 0 Å². The summed E-state index contributed by atoms with van der Waals surface area (Å²) in [7, 11) is 1.83. The molecule has 20 heavy (non-hydrogen) atoms. The van der Waals surface area contributed by atoms with Crippen molar-refractivity contribution in [1.82, 2.24) is 15.1 Å². The molecule has 2 aromatic rings. The topological polar surface area (TPSA) is 50.2 Å². The van der Waals surface area contributed by atoms with E-state index in [-0.39, 0.29) is 5.91 Å². The summed E-state index contributed by atoms with van der Waals surface area (Å²) < 4.78 is 1.68. The van der Waals surface area contributed by atoms with E-state index in [0.29, 0.717) is 16.5 Å². The number of carbonyl (C=O) groups excluding carboxylic acids is 1. The van der Waals surface area contributed by atoms with E-state index in [4.69, 9.17) is 12.2 Å². The van der Waals surface area contributed by atoms with Crippen LogP contribution in [0.25, 0.3) is 6.08 Å². The molecule has 3 rings (SSSR count). The number of benzene rings is 1. The van der Waals surface area contributed by atoms with Crippen LogP contribution < -0.4 is 10.2 Å². The number of thiocarbonyl (C=S) groups is 1. The third kappa shape index (κ3) is 2.21. The number of nitrogens with one attached hydrogen (secondary N) is 1. The summed E-state index contributed by atoms with van der Waals surface area (Å²) in [5, 5.41) is 7.53. The zero-order valence-corrected chi connectivity index (χ0v) is 11.6. The molecule has 0 aliphatic carbocycles. The second kappa shape index (κ2) is 4.90. The van der Waals surface area contributed by atoms with E-state index in [9.17, 15) is 4.79 Å². The maximum Gasteiger partial charge on any atom is 0.281 e. The van der Waals surface area contributed by atoms with Gasteiger partial charge in [0, 0.05) is 13.2 Å². The highest BCUT2D eigenvalue weighted by molar-refractivity contribution is 7.80. The Balaban J connectivity index is 1.93. The molecule has 0 saturated carbocycles. The molecule has 1 aromatic carbocycles. The van der Waals surface area contributed by atoms with Crippen molar-refractivity contribution in [1.29, 1.82) is 0 Å². The average Bonchev–Trinajstić information content (AvgIpc) is 2.96. The fraction of sp³-hybridized carbons (Fsp3) is 0.0714. The van der Waals surface area contributed by atoms with Crippen molar-refractivity contribution >= 4 is 35.0 Å². The predicted octanol–water partition coefficient (Wildman–Crippen LogP) is 1.68. The van der Waals surface area contributed by atoms with Crippen LogP contribution in [0.1, 0.15) is 5.69 Å². The predicted molar refractivity (Wildman–Crippen MR) is 80.8 cm³/mol. The van der Waals surface area contributed by atoms with Crippen LogP contribution in [-0.2, 0) is 11.8 Å². The highest BCUT2D eigenvalue weighted by Crippen LogP contribution is 2.21. The Hall–Kier alpha value is -2.47. The Kier molecular flexibility index (Phi) is 3.08. The Bertz CT molecular complexity index is 705. The first-order valence-electron chi connectivity index (χ1n) is 6.07. The van der Waals surface area contributed by atoms with Gasteiger partial charge in [-0.1, -0.05) is 18.2 Å². The normalized spacial score (nSPS) is 16.9. The Morgan fingerprint density at radius 3 is 2.65 bits per heavy atom. The van der Waals surface area contributed by atoms with Gasteiger partial charge in [-0.3, -0.25) is 14.4 Å². The standard InChI is InChI=1S/C14H12N4OS/c1-17-8-7-10(16-17)9-12-13(19)18(14(20)15-12)11-5-3-2-4-6-11/h2-9H,1H3,(H,15,20)/b12-9-. The fourth-order valence-corrected chi connectivity index (χ4v) is 2.30. The molecule has 1 saturated heterocycles. The molecule has 1 aliphatic heterocycles. The van der Waals surface area contributed by atoms with Gasteiger partial charge in [0.15, 0.2) is 5.11 Å². The van der Waals surface area contributed by atoms with Crippen LogP contribution in [0.4, 0.5) is 5.69 Å². The summed E-state index contributed by atoms with van der Waals surface area (Å²) in [6, 6.07) is 11.1. The van der Waals surface area contributed by atoms with Gasteiger partial charge in [0.1, 0.15) is 5.70 Å². The van der Waals surface area contributed by atoms with Crippen LogP contribution in [0.15, 0.2) is 48.3 Å². The van der Waals surface area contributed by atoms with Crippen molar-refractivity contribution in [2.24, 2.45) is 7.05 Å². The van der Waals surface area contributed by atoms with Crippen molar-refractivity contribution in [2.45, 2.75) is 0 Å². The average molecular weight is 284 g/mol. The molecule has 1 fully saturated rings. The summed E-state index contributed by atoms with van der Waals surface area (Å²) in [6.45, 7) is 0. The molecule has 0 atom stereocenters. The van der Waals surface area contributed by atoms with Gasteiger partial charge in [-0.05, 0) is 36.5 Å². The lowest BCUT2D eigenvalue weighted by atomic mass is 10.3. The number of amides is 1. The lowest BCUT2D eigenvalue weighted by molar-refractivity contribution is -0.113. The molecule has 100 valence electrons. The van der Waals surface area contributed by atoms with Crippen molar-refractivity contribution in [2.75, 3.05) is 4.90 Å². The lowest BCUT2D eigenvalue weighted by Crippen LogP contribution is -2.30. The second-order valence-electron chi connectivity index (χ2n) is 4.38. The Morgan fingerprint density at radius 2 is 2.00 bits per heavy atom. The summed E-state index contributed by atoms with van der Waals surface area (Å²) in [6.07, 6.45) is 3.51. The van der Waals surface area contributed by atoms with Gasteiger partial charge in [0.05, 0.1) is 11.4 Å². The van der Waals surface area contributed by atoms with Crippen LogP contribution in [0.2, 0.25) is 0 Å². The molecule has 0 spiro atoms. The fourth-order valence-electron chi connectivity index (χ4n) is 2.00. The largest absolute Gasteiger partial charge is 0.327 e. The lowest BCUT2D eigenvalue weighted by Gasteiger charge is -2.13. The van der Waals surface area contributed by atoms with E-state index < -0.39 is 0 Å². The monoisotopic (exact) mass is 284 g/mol. The molecule has 6 heteroatoms. The van der Waals surface area contributed by atoms with Gasteiger partial charge in [-0.25, -0.2) is 0 Å². The highest BCUT2D eigenvalue weighted by Gasteiger charge is 2.31. The third-order valence-corrected chi connectivity index (χ3v) is 3.20. The molecule has 0 bridgehead atoms. The molecule has 1 aliphatic rings. The van der Waals surface area contributed by atoms with Gasteiger partial charge in [-0.15, -0.1) is 0 Å². The number of aromatic nitrogens is 2. The van der Waals surface area contributed by atoms with Crippen LogP contribution in [0, 0.1) is 0 Å². The summed E-state index contributed by atoms with van der Waals surface area (Å²) in [5.74, 6) is -0.174. The van der Waals surface area contributed by atoms with Gasteiger partial charge >= 0.3 is 0 Å². The maximum atomic E-state index is 12.4. The van der Waals surface area contributed by atoms with Crippen LogP contribution in [0.3, 0.4) is 0 Å². The molecule has 0 radical (unpaired) electrons. The van der Waals surface area contributed by atoms with Gasteiger partial charge in [0.25, 0.3) is 5.91 Å². The molecule has 0 unspecified atom stereocenters. The number of anilines is 1. The van der Waals surface area contributed by atoms with Crippen molar-refractivity contribution in [3.63, 3.8) is 0 Å².